The molecule has 0 radical (unpaired) electrons. The van der Waals surface area contributed by atoms with Crippen molar-refractivity contribution in [3.05, 3.63) is 52.7 Å². The smallest absolute Gasteiger partial charge is 0.335 e. The first-order valence-corrected chi connectivity index (χ1v) is 13.3. The van der Waals surface area contributed by atoms with Gasteiger partial charge in [0.15, 0.2) is 23.4 Å². The van der Waals surface area contributed by atoms with Gasteiger partial charge in [0.2, 0.25) is 17.5 Å². The van der Waals surface area contributed by atoms with Gasteiger partial charge < -0.3 is 48.9 Å². The number of carbonyl (C=O) groups is 4. The molecular formula is C29H28O15. The Balaban J connectivity index is 1.76. The number of benzene rings is 2. The Morgan fingerprint density at radius 3 is 2.25 bits per heavy atom. The lowest BCUT2D eigenvalue weighted by molar-refractivity contribution is -0.271. The number of ether oxygens (including phenoxy) is 4. The normalized spacial score (nSPS) is 21.4. The lowest BCUT2D eigenvalue weighted by Gasteiger charge is -2.38. The Morgan fingerprint density at radius 2 is 1.57 bits per heavy atom. The lowest BCUT2D eigenvalue weighted by Crippen LogP contribution is -2.61. The van der Waals surface area contributed by atoms with Crippen LogP contribution in [0.4, 0.5) is 0 Å². The average molecular weight is 617 g/mol. The minimum Gasteiger partial charge on any atom is -0.481 e. The number of esters is 2. The SMILES string of the molecule is CC(=O)Oc1ccc(-c2oc3ccccc3c(=O)c2OC(=O)CCCCC(=O)O)cc1O[C@H]1O[C@@H](C(=O)O)[C@H](O)[C@@H](O)[C@@H]1O. The molecule has 4 rings (SSSR count). The van der Waals surface area contributed by atoms with Gasteiger partial charge in [-0.1, -0.05) is 12.1 Å². The Kier molecular flexibility index (Phi) is 9.95. The van der Waals surface area contributed by atoms with Crippen molar-refractivity contribution in [1.82, 2.24) is 0 Å². The van der Waals surface area contributed by atoms with Crippen molar-refractivity contribution >= 4 is 34.8 Å². The molecule has 234 valence electrons. The first-order valence-electron chi connectivity index (χ1n) is 13.3. The van der Waals surface area contributed by atoms with Crippen LogP contribution in [0.1, 0.15) is 32.6 Å². The summed E-state index contributed by atoms with van der Waals surface area (Å²) in [6.45, 7) is 1.08. The third-order valence-electron chi connectivity index (χ3n) is 6.51. The average Bonchev–Trinajstić information content (AvgIpc) is 2.97. The van der Waals surface area contributed by atoms with E-state index in [4.69, 9.17) is 28.5 Å². The Morgan fingerprint density at radius 1 is 0.864 bits per heavy atom. The van der Waals surface area contributed by atoms with E-state index < -0.39 is 65.8 Å². The molecule has 0 aliphatic carbocycles. The minimum atomic E-state index is -1.99. The molecule has 5 atom stereocenters. The molecule has 44 heavy (non-hydrogen) atoms. The largest absolute Gasteiger partial charge is 0.481 e. The number of carboxylic acids is 2. The van der Waals surface area contributed by atoms with Crippen molar-refractivity contribution in [2.45, 2.75) is 63.3 Å². The van der Waals surface area contributed by atoms with Crippen LogP contribution in [-0.2, 0) is 23.9 Å². The fraction of sp³-hybridized carbons (Fsp3) is 0.345. The standard InChI is InChI=1S/C29H28O15/c1-13(30)40-17-11-10-14(12-18(17)42-29-24(37)22(35)23(36)27(44-29)28(38)39)25-26(43-20(33)9-5-4-8-19(31)32)21(34)15-6-2-3-7-16(15)41-25/h2-3,6-7,10-12,22-24,27,29,35-37H,4-5,8-9H2,1H3,(H,31,32)(H,38,39)/t22-,23-,24+,27-,29+/m1/s1. The highest BCUT2D eigenvalue weighted by atomic mass is 16.7. The van der Waals surface area contributed by atoms with Gasteiger partial charge in [0.1, 0.15) is 23.9 Å². The van der Waals surface area contributed by atoms with Gasteiger partial charge in [-0.3, -0.25) is 19.2 Å². The summed E-state index contributed by atoms with van der Waals surface area (Å²) in [5, 5.41) is 48.9. The van der Waals surface area contributed by atoms with Crippen molar-refractivity contribution in [2.24, 2.45) is 0 Å². The van der Waals surface area contributed by atoms with Gasteiger partial charge >= 0.3 is 23.9 Å². The summed E-state index contributed by atoms with van der Waals surface area (Å²) in [5.74, 6) is -5.66. The number of para-hydroxylation sites is 1. The molecule has 1 saturated heterocycles. The van der Waals surface area contributed by atoms with Crippen molar-refractivity contribution < 1.29 is 68.1 Å². The van der Waals surface area contributed by atoms with E-state index >= 15 is 0 Å². The highest BCUT2D eigenvalue weighted by Crippen LogP contribution is 2.39. The van der Waals surface area contributed by atoms with Crippen LogP contribution >= 0.6 is 0 Å². The second kappa shape index (κ2) is 13.6. The van der Waals surface area contributed by atoms with E-state index in [0.717, 1.165) is 6.92 Å². The second-order valence-electron chi connectivity index (χ2n) is 9.77. The van der Waals surface area contributed by atoms with E-state index in [-0.39, 0.29) is 59.5 Å². The van der Waals surface area contributed by atoms with Crippen LogP contribution in [0.25, 0.3) is 22.3 Å². The topological polar surface area (TPSA) is 237 Å². The van der Waals surface area contributed by atoms with Crippen LogP contribution in [0.5, 0.6) is 17.2 Å². The summed E-state index contributed by atoms with van der Waals surface area (Å²) < 4.78 is 27.3. The van der Waals surface area contributed by atoms with Gasteiger partial charge in [0, 0.05) is 25.3 Å². The van der Waals surface area contributed by atoms with Gasteiger partial charge in [-0.15, -0.1) is 0 Å². The van der Waals surface area contributed by atoms with Gasteiger partial charge in [-0.05, 0) is 43.2 Å². The summed E-state index contributed by atoms with van der Waals surface area (Å²) in [6.07, 6.45) is -9.78. The monoisotopic (exact) mass is 616 g/mol. The molecule has 0 saturated carbocycles. The maximum Gasteiger partial charge on any atom is 0.335 e. The molecule has 2 aromatic carbocycles. The van der Waals surface area contributed by atoms with Crippen molar-refractivity contribution in [1.29, 1.82) is 0 Å². The Bertz CT molecular complexity index is 1630. The summed E-state index contributed by atoms with van der Waals surface area (Å²) in [5.41, 5.74) is -0.555. The first-order chi connectivity index (χ1) is 20.9. The van der Waals surface area contributed by atoms with E-state index in [2.05, 4.69) is 0 Å². The van der Waals surface area contributed by atoms with Crippen LogP contribution in [0, 0.1) is 0 Å². The molecule has 15 nitrogen and oxygen atoms in total. The highest BCUT2D eigenvalue weighted by Gasteiger charge is 2.48. The zero-order valence-electron chi connectivity index (χ0n) is 23.1. The highest BCUT2D eigenvalue weighted by molar-refractivity contribution is 5.85. The van der Waals surface area contributed by atoms with Crippen LogP contribution in [-0.4, -0.2) is 80.1 Å². The molecule has 1 fully saturated rings. The number of unbranched alkanes of at least 4 members (excludes halogenated alkanes) is 1. The van der Waals surface area contributed by atoms with Crippen LogP contribution in [0.2, 0.25) is 0 Å². The summed E-state index contributed by atoms with van der Waals surface area (Å²) in [7, 11) is 0. The number of fused-ring (bicyclic) bond motifs is 1. The van der Waals surface area contributed by atoms with E-state index in [0.29, 0.717) is 0 Å². The van der Waals surface area contributed by atoms with E-state index in [1.165, 1.54) is 30.3 Å². The molecule has 0 bridgehead atoms. The Labute approximate surface area is 247 Å². The van der Waals surface area contributed by atoms with Crippen molar-refractivity contribution in [3.63, 3.8) is 0 Å². The summed E-state index contributed by atoms with van der Waals surface area (Å²) in [4.78, 5) is 60.1. The first kappa shape index (κ1) is 32.1. The Hall–Kier alpha value is -4.83. The molecule has 0 spiro atoms. The molecule has 15 heteroatoms. The number of hydrogen-bond acceptors (Lipinski definition) is 13. The predicted octanol–water partition coefficient (Wildman–Crippen LogP) is 1.21. The van der Waals surface area contributed by atoms with Crippen LogP contribution in [0.3, 0.4) is 0 Å². The van der Waals surface area contributed by atoms with Crippen LogP contribution in [0.15, 0.2) is 51.7 Å². The van der Waals surface area contributed by atoms with Gasteiger partial charge in [0.05, 0.1) is 5.39 Å². The number of aliphatic hydroxyl groups excluding tert-OH is 3. The molecule has 1 aromatic heterocycles. The van der Waals surface area contributed by atoms with Crippen molar-refractivity contribution in [3.8, 4) is 28.6 Å². The second-order valence-corrected chi connectivity index (χ2v) is 9.77. The fourth-order valence-electron chi connectivity index (χ4n) is 4.37. The maximum atomic E-state index is 13.4. The maximum absolute atomic E-state index is 13.4. The molecular weight excluding hydrogens is 588 g/mol. The lowest BCUT2D eigenvalue weighted by atomic mass is 9.99. The third-order valence-corrected chi connectivity index (χ3v) is 6.51. The van der Waals surface area contributed by atoms with E-state index in [9.17, 15) is 44.4 Å². The number of rotatable bonds is 11. The summed E-state index contributed by atoms with van der Waals surface area (Å²) >= 11 is 0. The third kappa shape index (κ3) is 7.20. The van der Waals surface area contributed by atoms with E-state index in [1.54, 1.807) is 12.1 Å². The summed E-state index contributed by atoms with van der Waals surface area (Å²) in [6, 6.07) is 9.83. The van der Waals surface area contributed by atoms with Gasteiger partial charge in [-0.25, -0.2) is 4.79 Å². The van der Waals surface area contributed by atoms with E-state index in [1.807, 2.05) is 0 Å². The number of hydrogen-bond donors (Lipinski definition) is 5. The number of aliphatic carboxylic acids is 2. The zero-order valence-corrected chi connectivity index (χ0v) is 23.1. The molecule has 0 amide bonds. The number of carbonyl (C=O) groups excluding carboxylic acids is 2. The van der Waals surface area contributed by atoms with Gasteiger partial charge in [0.25, 0.3) is 0 Å². The van der Waals surface area contributed by atoms with Gasteiger partial charge in [-0.2, -0.15) is 0 Å². The van der Waals surface area contributed by atoms with Crippen molar-refractivity contribution in [2.75, 3.05) is 0 Å². The quantitative estimate of drug-likeness (QED) is 0.116. The molecule has 1 aliphatic rings. The molecule has 0 unspecified atom stereocenters. The number of carboxylic acid groups (broad SMARTS) is 2. The zero-order chi connectivity index (χ0) is 32.1. The minimum absolute atomic E-state index is 0.0353. The predicted molar refractivity (Wildman–Crippen MR) is 146 cm³/mol. The molecule has 5 N–H and O–H groups in total. The molecule has 1 aliphatic heterocycles. The van der Waals surface area contributed by atoms with Crippen LogP contribution < -0.4 is 19.6 Å². The number of aliphatic hydroxyl groups is 3. The molecule has 2 heterocycles. The molecule has 3 aromatic rings. The fourth-order valence-corrected chi connectivity index (χ4v) is 4.37.